The van der Waals surface area contributed by atoms with Crippen LogP contribution in [0.2, 0.25) is 0 Å². The fourth-order valence-corrected chi connectivity index (χ4v) is 3.51. The van der Waals surface area contributed by atoms with Crippen molar-refractivity contribution in [2.24, 2.45) is 5.92 Å². The summed E-state index contributed by atoms with van der Waals surface area (Å²) in [7, 11) is 0. The predicted molar refractivity (Wildman–Crippen MR) is 78.1 cm³/mol. The van der Waals surface area contributed by atoms with Crippen LogP contribution in [0.25, 0.3) is 0 Å². The van der Waals surface area contributed by atoms with E-state index in [2.05, 4.69) is 15.5 Å². The highest BCUT2D eigenvalue weighted by Gasteiger charge is 2.32. The summed E-state index contributed by atoms with van der Waals surface area (Å²) in [5, 5.41) is 6.50. The Labute approximate surface area is 117 Å². The van der Waals surface area contributed by atoms with Gasteiger partial charge in [-0.05, 0) is 65.1 Å². The Bertz CT molecular complexity index is 287. The molecule has 0 bridgehead atoms. The molecule has 2 N–H and O–H groups in total. The molecule has 0 aromatic rings. The number of amides is 1. The zero-order chi connectivity index (χ0) is 13.7. The topological polar surface area (TPSA) is 44.4 Å². The van der Waals surface area contributed by atoms with Gasteiger partial charge < -0.3 is 10.6 Å². The Hall–Kier alpha value is -0.610. The van der Waals surface area contributed by atoms with E-state index in [0.29, 0.717) is 12.5 Å². The molecule has 2 aliphatic rings. The first kappa shape index (κ1) is 14.8. The number of nitrogens with zero attached hydrogens (tertiary/aromatic N) is 1. The molecule has 110 valence electrons. The van der Waals surface area contributed by atoms with E-state index in [4.69, 9.17) is 0 Å². The normalized spacial score (nSPS) is 28.8. The van der Waals surface area contributed by atoms with Crippen molar-refractivity contribution >= 4 is 5.91 Å². The van der Waals surface area contributed by atoms with Gasteiger partial charge >= 0.3 is 0 Å². The molecule has 0 aromatic carbocycles. The summed E-state index contributed by atoms with van der Waals surface area (Å²) in [6.45, 7) is 8.49. The number of rotatable bonds is 5. The van der Waals surface area contributed by atoms with Crippen LogP contribution in [0.15, 0.2) is 0 Å². The van der Waals surface area contributed by atoms with Crippen molar-refractivity contribution in [1.82, 2.24) is 15.5 Å². The molecule has 2 aliphatic heterocycles. The molecule has 0 spiro atoms. The SMILES string of the molecule is CC(C)NC(=O)CCN1CCCC1C1CCCNC1. The molecule has 0 saturated carbocycles. The minimum atomic E-state index is 0.197. The number of likely N-dealkylation sites (tertiary alicyclic amines) is 1. The van der Waals surface area contributed by atoms with Crippen LogP contribution in [-0.2, 0) is 4.79 Å². The zero-order valence-corrected chi connectivity index (χ0v) is 12.5. The second-order valence-electron chi connectivity index (χ2n) is 6.32. The van der Waals surface area contributed by atoms with Crippen molar-refractivity contribution in [3.05, 3.63) is 0 Å². The quantitative estimate of drug-likeness (QED) is 0.790. The highest BCUT2D eigenvalue weighted by atomic mass is 16.1. The number of carbonyl (C=O) groups is 1. The second-order valence-corrected chi connectivity index (χ2v) is 6.32. The molecule has 2 heterocycles. The number of carbonyl (C=O) groups excluding carboxylic acids is 1. The molecule has 2 rings (SSSR count). The van der Waals surface area contributed by atoms with Gasteiger partial charge in [0.25, 0.3) is 0 Å². The van der Waals surface area contributed by atoms with Gasteiger partial charge in [-0.3, -0.25) is 9.69 Å². The summed E-state index contributed by atoms with van der Waals surface area (Å²) in [5.41, 5.74) is 0. The first-order valence-corrected chi connectivity index (χ1v) is 7.91. The molecule has 2 unspecified atom stereocenters. The van der Waals surface area contributed by atoms with E-state index in [-0.39, 0.29) is 11.9 Å². The van der Waals surface area contributed by atoms with Crippen molar-refractivity contribution in [2.75, 3.05) is 26.2 Å². The maximum atomic E-state index is 11.7. The Morgan fingerprint density at radius 1 is 1.37 bits per heavy atom. The fraction of sp³-hybridized carbons (Fsp3) is 0.933. The monoisotopic (exact) mass is 267 g/mol. The highest BCUT2D eigenvalue weighted by molar-refractivity contribution is 5.76. The van der Waals surface area contributed by atoms with E-state index in [9.17, 15) is 4.79 Å². The van der Waals surface area contributed by atoms with Gasteiger partial charge in [-0.1, -0.05) is 0 Å². The van der Waals surface area contributed by atoms with Gasteiger partial charge in [0.15, 0.2) is 0 Å². The van der Waals surface area contributed by atoms with E-state index in [1.807, 2.05) is 13.8 Å². The van der Waals surface area contributed by atoms with Crippen molar-refractivity contribution in [1.29, 1.82) is 0 Å². The number of piperidine rings is 1. The lowest BCUT2D eigenvalue weighted by atomic mass is 9.90. The smallest absolute Gasteiger partial charge is 0.221 e. The highest BCUT2D eigenvalue weighted by Crippen LogP contribution is 2.28. The van der Waals surface area contributed by atoms with Gasteiger partial charge in [-0.25, -0.2) is 0 Å². The summed E-state index contributed by atoms with van der Waals surface area (Å²) in [6.07, 6.45) is 5.93. The van der Waals surface area contributed by atoms with Crippen LogP contribution < -0.4 is 10.6 Å². The molecule has 1 amide bonds. The maximum Gasteiger partial charge on any atom is 0.221 e. The van der Waals surface area contributed by atoms with Crippen molar-refractivity contribution in [3.63, 3.8) is 0 Å². The van der Waals surface area contributed by atoms with Crippen LogP contribution in [-0.4, -0.2) is 49.1 Å². The second kappa shape index (κ2) is 7.25. The summed E-state index contributed by atoms with van der Waals surface area (Å²) < 4.78 is 0. The van der Waals surface area contributed by atoms with E-state index < -0.39 is 0 Å². The Morgan fingerprint density at radius 2 is 2.21 bits per heavy atom. The van der Waals surface area contributed by atoms with Crippen LogP contribution in [0.4, 0.5) is 0 Å². The van der Waals surface area contributed by atoms with E-state index >= 15 is 0 Å². The summed E-state index contributed by atoms with van der Waals surface area (Å²) in [4.78, 5) is 14.3. The van der Waals surface area contributed by atoms with Crippen LogP contribution in [0.5, 0.6) is 0 Å². The maximum absolute atomic E-state index is 11.7. The Kier molecular flexibility index (Phi) is 5.64. The first-order chi connectivity index (χ1) is 9.16. The van der Waals surface area contributed by atoms with Gasteiger partial charge in [0.2, 0.25) is 5.91 Å². The van der Waals surface area contributed by atoms with E-state index in [1.54, 1.807) is 0 Å². The zero-order valence-electron chi connectivity index (χ0n) is 12.5. The van der Waals surface area contributed by atoms with Gasteiger partial charge in [0.05, 0.1) is 0 Å². The van der Waals surface area contributed by atoms with Gasteiger partial charge in [-0.15, -0.1) is 0 Å². The third-order valence-electron chi connectivity index (χ3n) is 4.37. The standard InChI is InChI=1S/C15H29N3O/c1-12(2)17-15(19)7-10-18-9-4-6-14(18)13-5-3-8-16-11-13/h12-14,16H,3-11H2,1-2H3,(H,17,19). The molecule has 0 radical (unpaired) electrons. The minimum Gasteiger partial charge on any atom is -0.354 e. The molecular weight excluding hydrogens is 238 g/mol. The first-order valence-electron chi connectivity index (χ1n) is 7.91. The van der Waals surface area contributed by atoms with Crippen LogP contribution >= 0.6 is 0 Å². The molecule has 4 heteroatoms. The van der Waals surface area contributed by atoms with Crippen LogP contribution in [0, 0.1) is 5.92 Å². The molecule has 4 nitrogen and oxygen atoms in total. The molecule has 0 aliphatic carbocycles. The summed E-state index contributed by atoms with van der Waals surface area (Å²) in [5.74, 6) is 0.992. The number of hydrogen-bond acceptors (Lipinski definition) is 3. The minimum absolute atomic E-state index is 0.197. The third-order valence-corrected chi connectivity index (χ3v) is 4.37. The molecular formula is C15H29N3O. The lowest BCUT2D eigenvalue weighted by Crippen LogP contribution is -2.44. The largest absolute Gasteiger partial charge is 0.354 e. The average Bonchev–Trinajstić information content (AvgIpc) is 2.85. The molecule has 2 fully saturated rings. The summed E-state index contributed by atoms with van der Waals surface area (Å²) in [6, 6.07) is 0.962. The lowest BCUT2D eigenvalue weighted by molar-refractivity contribution is -0.122. The van der Waals surface area contributed by atoms with Gasteiger partial charge in [0, 0.05) is 25.0 Å². The van der Waals surface area contributed by atoms with Crippen molar-refractivity contribution < 1.29 is 4.79 Å². The van der Waals surface area contributed by atoms with Crippen LogP contribution in [0.1, 0.15) is 46.0 Å². The third kappa shape index (κ3) is 4.46. The Balaban J connectivity index is 1.76. The average molecular weight is 267 g/mol. The molecule has 19 heavy (non-hydrogen) atoms. The number of hydrogen-bond donors (Lipinski definition) is 2. The fourth-order valence-electron chi connectivity index (χ4n) is 3.51. The molecule has 0 aromatic heterocycles. The number of nitrogens with one attached hydrogen (secondary N) is 2. The van der Waals surface area contributed by atoms with Crippen molar-refractivity contribution in [3.8, 4) is 0 Å². The van der Waals surface area contributed by atoms with Crippen molar-refractivity contribution in [2.45, 2.75) is 58.0 Å². The van der Waals surface area contributed by atoms with Crippen LogP contribution in [0.3, 0.4) is 0 Å². The molecule has 2 saturated heterocycles. The van der Waals surface area contributed by atoms with Gasteiger partial charge in [0.1, 0.15) is 0 Å². The summed E-state index contributed by atoms with van der Waals surface area (Å²) >= 11 is 0. The van der Waals surface area contributed by atoms with E-state index in [1.165, 1.54) is 45.3 Å². The Morgan fingerprint density at radius 3 is 2.89 bits per heavy atom. The molecule has 2 atom stereocenters. The van der Waals surface area contributed by atoms with Gasteiger partial charge in [-0.2, -0.15) is 0 Å². The van der Waals surface area contributed by atoms with E-state index in [0.717, 1.165) is 12.5 Å². The predicted octanol–water partition coefficient (Wildman–Crippen LogP) is 1.37. The lowest BCUT2D eigenvalue weighted by Gasteiger charge is -2.34.